The molecule has 1 aromatic carbocycles. The highest BCUT2D eigenvalue weighted by atomic mass is 19.3. The normalized spacial score (nSPS) is 19.3. The minimum Gasteiger partial charge on any atom is -0.435 e. The van der Waals surface area contributed by atoms with Crippen molar-refractivity contribution < 1.29 is 18.0 Å². The molecule has 33 heavy (non-hydrogen) atoms. The van der Waals surface area contributed by atoms with Gasteiger partial charge in [-0.05, 0) is 29.8 Å². The van der Waals surface area contributed by atoms with E-state index in [2.05, 4.69) is 29.7 Å². The number of benzene rings is 1. The van der Waals surface area contributed by atoms with Crippen molar-refractivity contribution in [2.45, 2.75) is 19.1 Å². The summed E-state index contributed by atoms with van der Waals surface area (Å²) in [6, 6.07) is 6.52. The van der Waals surface area contributed by atoms with Crippen molar-refractivity contribution >= 4 is 16.9 Å². The highest BCUT2D eigenvalue weighted by molar-refractivity contribution is 5.68. The Labute approximate surface area is 184 Å². The molecule has 0 amide bonds. The fourth-order valence-electron chi connectivity index (χ4n) is 4.29. The summed E-state index contributed by atoms with van der Waals surface area (Å²) in [5, 5.41) is 4.11. The molecule has 1 aliphatic heterocycles. The monoisotopic (exact) mass is 453 g/mol. The molecule has 2 atom stereocenters. The number of hydrogen-bond acceptors (Lipinski definition) is 8. The predicted octanol–water partition coefficient (Wildman–Crippen LogP) is 2.28. The Morgan fingerprint density at radius 1 is 1.21 bits per heavy atom. The van der Waals surface area contributed by atoms with Crippen LogP contribution < -0.4 is 15.2 Å². The Kier molecular flexibility index (Phi) is 4.28. The molecule has 168 valence electrons. The molecular weight excluding hydrogens is 436 g/mol. The first-order chi connectivity index (χ1) is 16.0. The van der Waals surface area contributed by atoms with Crippen LogP contribution in [0.25, 0.3) is 11.2 Å². The molecule has 0 saturated heterocycles. The van der Waals surface area contributed by atoms with E-state index >= 15 is 0 Å². The zero-order valence-electron chi connectivity index (χ0n) is 17.3. The van der Waals surface area contributed by atoms with Gasteiger partial charge in [0.1, 0.15) is 18.6 Å². The average molecular weight is 453 g/mol. The molecule has 3 aromatic heterocycles. The third-order valence-corrected chi connectivity index (χ3v) is 5.94. The van der Waals surface area contributed by atoms with Crippen molar-refractivity contribution in [1.82, 2.24) is 29.2 Å². The fraction of sp³-hybridized carbons (Fsp3) is 0.286. The van der Waals surface area contributed by atoms with Crippen molar-refractivity contribution in [3.05, 3.63) is 70.8 Å². The number of aromatic nitrogens is 6. The van der Waals surface area contributed by atoms with Gasteiger partial charge in [0, 0.05) is 31.4 Å². The van der Waals surface area contributed by atoms with E-state index in [0.29, 0.717) is 22.9 Å². The second kappa shape index (κ2) is 7.22. The van der Waals surface area contributed by atoms with Crippen LogP contribution in [0.5, 0.6) is 5.75 Å². The van der Waals surface area contributed by atoms with Gasteiger partial charge < -0.3 is 18.7 Å². The van der Waals surface area contributed by atoms with Crippen molar-refractivity contribution in [3.8, 4) is 5.75 Å². The van der Waals surface area contributed by atoms with Crippen LogP contribution in [0.4, 0.5) is 14.5 Å². The van der Waals surface area contributed by atoms with Gasteiger partial charge in [-0.3, -0.25) is 9.36 Å². The third kappa shape index (κ3) is 3.34. The number of anilines is 1. The summed E-state index contributed by atoms with van der Waals surface area (Å²) in [4.78, 5) is 27.5. The van der Waals surface area contributed by atoms with Gasteiger partial charge in [0.05, 0.1) is 12.2 Å². The highest BCUT2D eigenvalue weighted by Crippen LogP contribution is 2.56. The summed E-state index contributed by atoms with van der Waals surface area (Å²) >= 11 is 0. The Morgan fingerprint density at radius 3 is 2.73 bits per heavy atom. The van der Waals surface area contributed by atoms with Crippen LogP contribution in [0.1, 0.15) is 17.6 Å². The van der Waals surface area contributed by atoms with E-state index in [4.69, 9.17) is 4.52 Å². The number of rotatable bonds is 6. The molecule has 0 radical (unpaired) electrons. The van der Waals surface area contributed by atoms with Crippen LogP contribution in [0.3, 0.4) is 0 Å². The predicted molar refractivity (Wildman–Crippen MR) is 111 cm³/mol. The fourth-order valence-corrected chi connectivity index (χ4v) is 4.29. The van der Waals surface area contributed by atoms with Gasteiger partial charge >= 0.3 is 6.61 Å². The summed E-state index contributed by atoms with van der Waals surface area (Å²) in [6.07, 6.45) is 4.99. The first kappa shape index (κ1) is 19.6. The van der Waals surface area contributed by atoms with E-state index in [1.165, 1.54) is 28.6 Å². The SMILES string of the molecule is Cn1cnc2ncn(Cc3nc([C@H]4C5=CN(c6ccc(OC(F)F)cc6)C[C@@H]54)no3)c(=O)c21. The van der Waals surface area contributed by atoms with Crippen LogP contribution in [-0.2, 0) is 13.6 Å². The number of fused-ring (bicyclic) bond motifs is 2. The van der Waals surface area contributed by atoms with E-state index in [1.54, 1.807) is 30.1 Å². The average Bonchev–Trinajstić information content (AvgIpc) is 3.20. The molecule has 12 heteroatoms. The van der Waals surface area contributed by atoms with Crippen molar-refractivity contribution in [2.24, 2.45) is 13.0 Å². The lowest BCUT2D eigenvalue weighted by Crippen LogP contribution is -2.22. The maximum Gasteiger partial charge on any atom is 0.387 e. The lowest BCUT2D eigenvalue weighted by atomic mass is 10.2. The molecule has 1 saturated carbocycles. The zero-order chi connectivity index (χ0) is 22.7. The molecule has 0 spiro atoms. The zero-order valence-corrected chi connectivity index (χ0v) is 17.3. The maximum absolute atomic E-state index is 12.7. The molecule has 1 aliphatic carbocycles. The molecule has 2 aliphatic rings. The minimum atomic E-state index is -2.84. The summed E-state index contributed by atoms with van der Waals surface area (Å²) in [7, 11) is 1.74. The Hall–Kier alpha value is -4.09. The molecular formula is C21H17F2N7O3. The van der Waals surface area contributed by atoms with Gasteiger partial charge in [-0.1, -0.05) is 5.16 Å². The standard InChI is InChI=1S/C21H17F2N7O3/c1-28-9-24-19-17(28)20(31)30(10-25-19)8-15-26-18(27-33-15)16-13-6-29(7-14(13)16)11-2-4-12(5-3-11)32-21(22)23/h2-6,9-10,14,16,21H,7-8H2,1H3/t14-,16-/m0/s1. The molecule has 1 fully saturated rings. The number of imidazole rings is 1. The summed E-state index contributed by atoms with van der Waals surface area (Å²) < 4.78 is 37.4. The molecule has 0 bridgehead atoms. The molecule has 4 aromatic rings. The molecule has 4 heterocycles. The van der Waals surface area contributed by atoms with Crippen LogP contribution >= 0.6 is 0 Å². The van der Waals surface area contributed by atoms with Crippen molar-refractivity contribution in [1.29, 1.82) is 0 Å². The van der Waals surface area contributed by atoms with Gasteiger partial charge in [0.2, 0.25) is 5.89 Å². The first-order valence-electron chi connectivity index (χ1n) is 10.2. The maximum atomic E-state index is 12.7. The topological polar surface area (TPSA) is 104 Å². The highest BCUT2D eigenvalue weighted by Gasteiger charge is 2.52. The van der Waals surface area contributed by atoms with Crippen molar-refractivity contribution in [2.75, 3.05) is 11.4 Å². The number of aryl methyl sites for hydroxylation is 1. The van der Waals surface area contributed by atoms with E-state index < -0.39 is 6.61 Å². The Balaban J connectivity index is 1.15. The van der Waals surface area contributed by atoms with Crippen LogP contribution in [-0.4, -0.2) is 42.4 Å². The summed E-state index contributed by atoms with van der Waals surface area (Å²) in [6.45, 7) is -1.99. The van der Waals surface area contributed by atoms with Gasteiger partial charge in [-0.15, -0.1) is 0 Å². The Morgan fingerprint density at radius 2 is 2.00 bits per heavy atom. The largest absolute Gasteiger partial charge is 0.435 e. The number of nitrogens with zero attached hydrogens (tertiary/aromatic N) is 7. The molecule has 6 rings (SSSR count). The third-order valence-electron chi connectivity index (χ3n) is 5.94. The number of ether oxygens (including phenoxy) is 1. The van der Waals surface area contributed by atoms with E-state index in [9.17, 15) is 13.6 Å². The van der Waals surface area contributed by atoms with E-state index in [1.807, 2.05) is 6.20 Å². The second-order valence-electron chi connectivity index (χ2n) is 7.99. The first-order valence-corrected chi connectivity index (χ1v) is 10.2. The lowest BCUT2D eigenvalue weighted by Gasteiger charge is -2.18. The number of hydrogen-bond donors (Lipinski definition) is 0. The van der Waals surface area contributed by atoms with E-state index in [0.717, 1.165) is 12.2 Å². The van der Waals surface area contributed by atoms with Crippen LogP contribution in [0, 0.1) is 5.92 Å². The van der Waals surface area contributed by atoms with Gasteiger partial charge in [0.25, 0.3) is 5.56 Å². The molecule has 10 nitrogen and oxygen atoms in total. The number of halogens is 2. The molecule has 0 unspecified atom stereocenters. The second-order valence-corrected chi connectivity index (χ2v) is 7.99. The van der Waals surface area contributed by atoms with Gasteiger partial charge in [-0.2, -0.15) is 13.8 Å². The quantitative estimate of drug-likeness (QED) is 0.438. The summed E-state index contributed by atoms with van der Waals surface area (Å²) in [5.74, 6) is 1.38. The van der Waals surface area contributed by atoms with Gasteiger partial charge in [0.15, 0.2) is 17.0 Å². The summed E-state index contributed by atoms with van der Waals surface area (Å²) in [5.41, 5.74) is 2.65. The number of alkyl halides is 2. The van der Waals surface area contributed by atoms with Crippen LogP contribution in [0.15, 0.2) is 58.0 Å². The lowest BCUT2D eigenvalue weighted by molar-refractivity contribution is -0.0498. The molecule has 0 N–H and O–H groups in total. The smallest absolute Gasteiger partial charge is 0.387 e. The Bertz CT molecular complexity index is 1440. The van der Waals surface area contributed by atoms with Gasteiger partial charge in [-0.25, -0.2) is 9.97 Å². The van der Waals surface area contributed by atoms with Crippen molar-refractivity contribution in [3.63, 3.8) is 0 Å². The van der Waals surface area contributed by atoms with Crippen LogP contribution in [0.2, 0.25) is 0 Å². The van der Waals surface area contributed by atoms with E-state index in [-0.39, 0.29) is 29.7 Å². The minimum absolute atomic E-state index is 0.0783.